The highest BCUT2D eigenvalue weighted by Gasteiger charge is 2.11. The molecule has 0 aliphatic rings. The Morgan fingerprint density at radius 3 is 2.43 bits per heavy atom. The minimum Gasteiger partial charge on any atom is -0.496 e. The summed E-state index contributed by atoms with van der Waals surface area (Å²) in [5.74, 6) is -0.282. The molecule has 0 atom stereocenters. The van der Waals surface area contributed by atoms with Crippen molar-refractivity contribution in [1.82, 2.24) is 0 Å². The molecule has 0 heterocycles. The second-order valence-electron chi connectivity index (χ2n) is 4.78. The van der Waals surface area contributed by atoms with Crippen molar-refractivity contribution in [3.05, 3.63) is 66.2 Å². The van der Waals surface area contributed by atoms with Crippen molar-refractivity contribution in [1.29, 1.82) is 0 Å². The lowest BCUT2D eigenvalue weighted by molar-refractivity contribution is 0.0697. The first-order valence-corrected chi connectivity index (χ1v) is 6.59. The van der Waals surface area contributed by atoms with E-state index in [0.29, 0.717) is 5.75 Å². The van der Waals surface area contributed by atoms with Crippen LogP contribution in [0.2, 0.25) is 0 Å². The first kappa shape index (κ1) is 13.2. The molecule has 0 spiro atoms. The van der Waals surface area contributed by atoms with Gasteiger partial charge in [-0.05, 0) is 40.6 Å². The molecule has 3 rings (SSSR count). The fourth-order valence-electron chi connectivity index (χ4n) is 2.42. The predicted molar refractivity (Wildman–Crippen MR) is 82.9 cm³/mol. The van der Waals surface area contributed by atoms with E-state index in [1.165, 1.54) is 0 Å². The van der Waals surface area contributed by atoms with E-state index < -0.39 is 5.97 Å². The Balaban J connectivity index is 2.20. The van der Waals surface area contributed by atoms with Crippen molar-refractivity contribution >= 4 is 16.7 Å². The summed E-state index contributed by atoms with van der Waals surface area (Å²) in [5, 5.41) is 11.4. The van der Waals surface area contributed by atoms with Crippen LogP contribution in [0.1, 0.15) is 10.4 Å². The van der Waals surface area contributed by atoms with Crippen molar-refractivity contribution in [3.63, 3.8) is 0 Å². The van der Waals surface area contributed by atoms with Crippen molar-refractivity contribution in [3.8, 4) is 16.9 Å². The minimum atomic E-state index is -0.945. The molecule has 3 aromatic rings. The molecule has 0 aromatic heterocycles. The molecule has 0 aliphatic heterocycles. The quantitative estimate of drug-likeness (QED) is 0.780. The fraction of sp³-hybridized carbons (Fsp3) is 0.0556. The Morgan fingerprint density at radius 2 is 1.71 bits per heavy atom. The van der Waals surface area contributed by atoms with Gasteiger partial charge in [-0.25, -0.2) is 4.79 Å². The summed E-state index contributed by atoms with van der Waals surface area (Å²) in [4.78, 5) is 11.2. The molecule has 0 unspecified atom stereocenters. The summed E-state index contributed by atoms with van der Waals surface area (Å²) in [6.45, 7) is 0. The van der Waals surface area contributed by atoms with Crippen molar-refractivity contribution in [2.45, 2.75) is 0 Å². The van der Waals surface area contributed by atoms with Gasteiger partial charge in [0, 0.05) is 5.56 Å². The van der Waals surface area contributed by atoms with Gasteiger partial charge in [0.2, 0.25) is 0 Å². The first-order valence-electron chi connectivity index (χ1n) is 6.59. The maximum atomic E-state index is 11.2. The summed E-state index contributed by atoms with van der Waals surface area (Å²) in [7, 11) is 1.58. The van der Waals surface area contributed by atoms with Crippen LogP contribution >= 0.6 is 0 Å². The summed E-state index contributed by atoms with van der Waals surface area (Å²) in [6, 6.07) is 19.0. The molecular formula is C18H14O3. The van der Waals surface area contributed by atoms with Crippen molar-refractivity contribution < 1.29 is 14.6 Å². The van der Waals surface area contributed by atoms with E-state index in [-0.39, 0.29) is 5.56 Å². The van der Waals surface area contributed by atoms with E-state index in [2.05, 4.69) is 0 Å². The van der Waals surface area contributed by atoms with Crippen LogP contribution in [0.15, 0.2) is 60.7 Å². The highest BCUT2D eigenvalue weighted by atomic mass is 16.5. The highest BCUT2D eigenvalue weighted by molar-refractivity contribution is 5.92. The molecule has 0 radical (unpaired) electrons. The van der Waals surface area contributed by atoms with E-state index in [1.54, 1.807) is 25.3 Å². The van der Waals surface area contributed by atoms with Crippen LogP contribution in [0.5, 0.6) is 5.75 Å². The maximum Gasteiger partial charge on any atom is 0.335 e. The molecule has 3 aromatic carbocycles. The van der Waals surface area contributed by atoms with E-state index >= 15 is 0 Å². The molecule has 21 heavy (non-hydrogen) atoms. The number of carbonyl (C=O) groups is 1. The van der Waals surface area contributed by atoms with Gasteiger partial charge in [-0.3, -0.25) is 0 Å². The molecule has 1 N–H and O–H groups in total. The van der Waals surface area contributed by atoms with Crippen LogP contribution in [0.25, 0.3) is 21.9 Å². The number of aromatic carboxylic acids is 1. The molecule has 104 valence electrons. The van der Waals surface area contributed by atoms with Gasteiger partial charge in [0.1, 0.15) is 5.75 Å². The molecule has 0 fully saturated rings. The number of carboxylic acid groups (broad SMARTS) is 1. The zero-order valence-corrected chi connectivity index (χ0v) is 11.5. The van der Waals surface area contributed by atoms with Gasteiger partial charge in [-0.1, -0.05) is 36.4 Å². The standard InChI is InChI=1S/C18H14O3/c1-21-17-9-8-15(18(19)20)11-16(17)14-7-6-12-4-2-3-5-13(12)10-14/h2-11H,1H3,(H,19,20). The van der Waals surface area contributed by atoms with Gasteiger partial charge in [-0.2, -0.15) is 0 Å². The lowest BCUT2D eigenvalue weighted by atomic mass is 9.99. The summed E-state index contributed by atoms with van der Waals surface area (Å²) < 4.78 is 5.35. The third-order valence-electron chi connectivity index (χ3n) is 3.51. The normalized spacial score (nSPS) is 10.5. The number of hydrogen-bond acceptors (Lipinski definition) is 2. The molecule has 0 saturated heterocycles. The Kier molecular flexibility index (Phi) is 3.32. The van der Waals surface area contributed by atoms with Crippen LogP contribution in [0.3, 0.4) is 0 Å². The van der Waals surface area contributed by atoms with Crippen LogP contribution in [0.4, 0.5) is 0 Å². The van der Waals surface area contributed by atoms with Crippen LogP contribution in [0, 0.1) is 0 Å². The number of fused-ring (bicyclic) bond motifs is 1. The zero-order chi connectivity index (χ0) is 14.8. The van der Waals surface area contributed by atoms with E-state index in [9.17, 15) is 4.79 Å². The second kappa shape index (κ2) is 5.29. The first-order chi connectivity index (χ1) is 10.2. The monoisotopic (exact) mass is 278 g/mol. The Hall–Kier alpha value is -2.81. The van der Waals surface area contributed by atoms with Gasteiger partial charge in [0.25, 0.3) is 0 Å². The minimum absolute atomic E-state index is 0.249. The van der Waals surface area contributed by atoms with Gasteiger partial charge in [0.05, 0.1) is 12.7 Å². The Morgan fingerprint density at radius 1 is 0.952 bits per heavy atom. The molecular weight excluding hydrogens is 264 g/mol. The average molecular weight is 278 g/mol. The lowest BCUT2D eigenvalue weighted by Gasteiger charge is -2.10. The number of carboxylic acids is 1. The molecule has 0 amide bonds. The third-order valence-corrected chi connectivity index (χ3v) is 3.51. The number of benzene rings is 3. The van der Waals surface area contributed by atoms with Gasteiger partial charge in [-0.15, -0.1) is 0 Å². The number of rotatable bonds is 3. The molecule has 3 heteroatoms. The van der Waals surface area contributed by atoms with Crippen molar-refractivity contribution in [2.24, 2.45) is 0 Å². The predicted octanol–water partition coefficient (Wildman–Crippen LogP) is 4.21. The highest BCUT2D eigenvalue weighted by Crippen LogP contribution is 2.32. The summed E-state index contributed by atoms with van der Waals surface area (Å²) in [6.07, 6.45) is 0. The molecule has 0 aliphatic carbocycles. The van der Waals surface area contributed by atoms with Crippen LogP contribution in [-0.2, 0) is 0 Å². The lowest BCUT2D eigenvalue weighted by Crippen LogP contribution is -1.97. The fourth-order valence-corrected chi connectivity index (χ4v) is 2.42. The largest absolute Gasteiger partial charge is 0.496 e. The van der Waals surface area contributed by atoms with E-state index in [1.807, 2.05) is 42.5 Å². The number of methoxy groups -OCH3 is 1. The van der Waals surface area contributed by atoms with Gasteiger partial charge >= 0.3 is 5.97 Å². The zero-order valence-electron chi connectivity index (χ0n) is 11.5. The molecule has 0 bridgehead atoms. The summed E-state index contributed by atoms with van der Waals surface area (Å²) in [5.41, 5.74) is 1.97. The second-order valence-corrected chi connectivity index (χ2v) is 4.78. The number of hydrogen-bond donors (Lipinski definition) is 1. The van der Waals surface area contributed by atoms with Gasteiger partial charge < -0.3 is 9.84 Å². The van der Waals surface area contributed by atoms with Crippen LogP contribution in [-0.4, -0.2) is 18.2 Å². The SMILES string of the molecule is COc1ccc(C(=O)O)cc1-c1ccc2ccccc2c1. The van der Waals surface area contributed by atoms with Crippen molar-refractivity contribution in [2.75, 3.05) is 7.11 Å². The summed E-state index contributed by atoms with van der Waals surface area (Å²) >= 11 is 0. The topological polar surface area (TPSA) is 46.5 Å². The van der Waals surface area contributed by atoms with E-state index in [4.69, 9.17) is 9.84 Å². The van der Waals surface area contributed by atoms with E-state index in [0.717, 1.165) is 21.9 Å². The number of ether oxygens (including phenoxy) is 1. The Bertz CT molecular complexity index is 822. The maximum absolute atomic E-state index is 11.2. The Labute approximate surface area is 122 Å². The smallest absolute Gasteiger partial charge is 0.335 e. The molecule has 0 saturated carbocycles. The van der Waals surface area contributed by atoms with Gasteiger partial charge in [0.15, 0.2) is 0 Å². The average Bonchev–Trinajstić information content (AvgIpc) is 2.53. The van der Waals surface area contributed by atoms with Crippen LogP contribution < -0.4 is 4.74 Å². The third kappa shape index (κ3) is 2.46. The molecule has 3 nitrogen and oxygen atoms in total.